The van der Waals surface area contributed by atoms with Gasteiger partial charge in [0.1, 0.15) is 0 Å². The van der Waals surface area contributed by atoms with Gasteiger partial charge in [0.05, 0.1) is 20.5 Å². The molecule has 3 rings (SSSR count). The molecule has 0 radical (unpaired) electrons. The highest BCUT2D eigenvalue weighted by molar-refractivity contribution is 7.93. The van der Waals surface area contributed by atoms with Crippen molar-refractivity contribution < 1.29 is 13.3 Å². The molecule has 0 atom stereocenters. The van der Waals surface area contributed by atoms with Crippen LogP contribution in [-0.4, -0.2) is 18.3 Å². The Balaban J connectivity index is 1.94. The molecule has 0 amide bonds. The molecular formula is C15H16ClN3O4S2. The molecule has 0 spiro atoms. The quantitative estimate of drug-likeness (QED) is 0.472. The van der Waals surface area contributed by atoms with E-state index in [4.69, 9.17) is 11.6 Å². The zero-order chi connectivity index (χ0) is 18.2. The minimum Gasteiger partial charge on any atom is -0.258 e. The number of nitrogens with zero attached hydrogens (tertiary/aromatic N) is 2. The van der Waals surface area contributed by atoms with Gasteiger partial charge in [0, 0.05) is 16.5 Å². The Kier molecular flexibility index (Phi) is 4.99. The van der Waals surface area contributed by atoms with Crippen LogP contribution >= 0.6 is 22.9 Å². The molecule has 0 saturated heterocycles. The summed E-state index contributed by atoms with van der Waals surface area (Å²) >= 11 is 7.28. The number of hydrogen-bond acceptors (Lipinski definition) is 6. The summed E-state index contributed by atoms with van der Waals surface area (Å²) in [6, 6.07) is 2.23. The van der Waals surface area contributed by atoms with E-state index in [1.807, 2.05) is 0 Å². The van der Waals surface area contributed by atoms with Crippen LogP contribution in [0.15, 0.2) is 17.0 Å². The summed E-state index contributed by atoms with van der Waals surface area (Å²) in [5.74, 6) is 0. The van der Waals surface area contributed by atoms with Crippen molar-refractivity contribution in [3.8, 4) is 0 Å². The molecule has 7 nitrogen and oxygen atoms in total. The summed E-state index contributed by atoms with van der Waals surface area (Å²) in [6.45, 7) is 1.47. The van der Waals surface area contributed by atoms with Gasteiger partial charge in [-0.05, 0) is 38.7 Å². The van der Waals surface area contributed by atoms with Crippen molar-refractivity contribution in [2.45, 2.75) is 43.9 Å². The van der Waals surface area contributed by atoms with Crippen molar-refractivity contribution in [3.63, 3.8) is 0 Å². The molecule has 1 heterocycles. The zero-order valence-corrected chi connectivity index (χ0v) is 15.8. The lowest BCUT2D eigenvalue weighted by atomic mass is 10.2. The second-order valence-corrected chi connectivity index (χ2v) is 9.03. The maximum absolute atomic E-state index is 12.6. The fraction of sp³-hybridized carbons (Fsp3) is 0.400. The van der Waals surface area contributed by atoms with Crippen LogP contribution in [0.25, 0.3) is 0 Å². The van der Waals surface area contributed by atoms with Crippen LogP contribution < -0.4 is 4.72 Å². The number of nitrogens with one attached hydrogen (secondary N) is 1. The number of anilines is 1. The summed E-state index contributed by atoms with van der Waals surface area (Å²) in [5, 5.41) is 11.4. The zero-order valence-electron chi connectivity index (χ0n) is 13.4. The number of hydrogen-bond donors (Lipinski definition) is 1. The van der Waals surface area contributed by atoms with E-state index in [-0.39, 0.29) is 26.3 Å². The number of sulfonamides is 1. The lowest BCUT2D eigenvalue weighted by molar-refractivity contribution is -0.385. The van der Waals surface area contributed by atoms with Crippen molar-refractivity contribution in [1.29, 1.82) is 0 Å². The predicted octanol–water partition coefficient (Wildman–Crippen LogP) is 4.08. The molecule has 1 N–H and O–H groups in total. The van der Waals surface area contributed by atoms with Gasteiger partial charge in [0.2, 0.25) is 0 Å². The monoisotopic (exact) mass is 401 g/mol. The van der Waals surface area contributed by atoms with Gasteiger partial charge in [-0.25, -0.2) is 13.4 Å². The summed E-state index contributed by atoms with van der Waals surface area (Å²) in [6.07, 6.45) is 5.01. The van der Waals surface area contributed by atoms with Crippen molar-refractivity contribution >= 4 is 43.8 Å². The summed E-state index contributed by atoms with van der Waals surface area (Å²) in [5.41, 5.74) is 0.836. The minimum atomic E-state index is -4.01. The molecule has 2 aromatic rings. The highest BCUT2D eigenvalue weighted by atomic mass is 35.5. The van der Waals surface area contributed by atoms with E-state index in [1.165, 1.54) is 24.3 Å². The Morgan fingerprint density at radius 3 is 2.72 bits per heavy atom. The van der Waals surface area contributed by atoms with Gasteiger partial charge < -0.3 is 0 Å². The topological polar surface area (TPSA) is 102 Å². The van der Waals surface area contributed by atoms with Gasteiger partial charge in [-0.2, -0.15) is 0 Å². The Labute approximate surface area is 154 Å². The largest absolute Gasteiger partial charge is 0.275 e. The van der Waals surface area contributed by atoms with Crippen LogP contribution in [0.5, 0.6) is 0 Å². The van der Waals surface area contributed by atoms with Gasteiger partial charge in [0.25, 0.3) is 15.7 Å². The molecule has 0 unspecified atom stereocenters. The van der Waals surface area contributed by atoms with Crippen molar-refractivity contribution in [1.82, 2.24) is 4.98 Å². The number of rotatable bonds is 4. The first-order valence-corrected chi connectivity index (χ1v) is 10.4. The normalized spacial score (nSPS) is 14.6. The number of nitro benzene ring substituents is 1. The van der Waals surface area contributed by atoms with Crippen molar-refractivity contribution in [2.75, 3.05) is 4.72 Å². The number of benzene rings is 1. The molecule has 0 aliphatic heterocycles. The molecule has 0 fully saturated rings. The number of thiazole rings is 1. The van der Waals surface area contributed by atoms with Crippen LogP contribution in [-0.2, 0) is 22.9 Å². The molecule has 1 aliphatic carbocycles. The SMILES string of the molecule is Cc1c(Cl)cc(S(=O)(=O)Nc2nc3c(s2)CCCCC3)cc1[N+](=O)[O-]. The Bertz CT molecular complexity index is 917. The van der Waals surface area contributed by atoms with Crippen LogP contribution in [0.4, 0.5) is 10.8 Å². The second kappa shape index (κ2) is 6.89. The molecule has 134 valence electrons. The van der Waals surface area contributed by atoms with Crippen LogP contribution in [0, 0.1) is 17.0 Å². The molecular weight excluding hydrogens is 386 g/mol. The summed E-state index contributed by atoms with van der Waals surface area (Å²) < 4.78 is 27.6. The first kappa shape index (κ1) is 18.1. The van der Waals surface area contributed by atoms with Crippen LogP contribution in [0.1, 0.15) is 35.4 Å². The van der Waals surface area contributed by atoms with Gasteiger partial charge in [-0.1, -0.05) is 18.0 Å². The van der Waals surface area contributed by atoms with E-state index < -0.39 is 14.9 Å². The highest BCUT2D eigenvalue weighted by Crippen LogP contribution is 2.33. The molecule has 25 heavy (non-hydrogen) atoms. The van der Waals surface area contributed by atoms with E-state index in [1.54, 1.807) is 0 Å². The first-order valence-electron chi connectivity index (χ1n) is 7.74. The van der Waals surface area contributed by atoms with Crippen molar-refractivity contribution in [2.24, 2.45) is 0 Å². The summed E-state index contributed by atoms with van der Waals surface area (Å²) in [7, 11) is -4.01. The Hall–Kier alpha value is -1.71. The van der Waals surface area contributed by atoms with E-state index >= 15 is 0 Å². The molecule has 1 aromatic heterocycles. The average molecular weight is 402 g/mol. The lowest BCUT2D eigenvalue weighted by Crippen LogP contribution is -2.13. The van der Waals surface area contributed by atoms with Gasteiger partial charge >= 0.3 is 0 Å². The third kappa shape index (κ3) is 3.78. The highest BCUT2D eigenvalue weighted by Gasteiger charge is 2.24. The fourth-order valence-electron chi connectivity index (χ4n) is 2.73. The number of halogens is 1. The van der Waals surface area contributed by atoms with Gasteiger partial charge in [0.15, 0.2) is 5.13 Å². The Morgan fingerprint density at radius 2 is 2.00 bits per heavy atom. The van der Waals surface area contributed by atoms with Crippen LogP contribution in [0.2, 0.25) is 5.02 Å². The summed E-state index contributed by atoms with van der Waals surface area (Å²) in [4.78, 5) is 15.7. The smallest absolute Gasteiger partial charge is 0.258 e. The van der Waals surface area contributed by atoms with E-state index in [2.05, 4.69) is 9.71 Å². The third-order valence-corrected chi connectivity index (χ3v) is 7.03. The fourth-order valence-corrected chi connectivity index (χ4v) is 5.34. The molecule has 1 aromatic carbocycles. The molecule has 0 bridgehead atoms. The van der Waals surface area contributed by atoms with Crippen molar-refractivity contribution in [3.05, 3.63) is 43.4 Å². The first-order chi connectivity index (χ1) is 11.8. The molecule has 10 heteroatoms. The number of nitro groups is 1. The molecule has 0 saturated carbocycles. The van der Waals surface area contributed by atoms with E-state index in [0.717, 1.165) is 48.7 Å². The van der Waals surface area contributed by atoms with Crippen LogP contribution in [0.3, 0.4) is 0 Å². The predicted molar refractivity (Wildman–Crippen MR) is 97.0 cm³/mol. The van der Waals surface area contributed by atoms with Gasteiger partial charge in [-0.15, -0.1) is 11.3 Å². The number of aryl methyl sites for hydroxylation is 2. The molecule has 1 aliphatic rings. The maximum atomic E-state index is 12.6. The average Bonchev–Trinajstić information content (AvgIpc) is 2.76. The number of fused-ring (bicyclic) bond motifs is 1. The number of aromatic nitrogens is 1. The van der Waals surface area contributed by atoms with Gasteiger partial charge in [-0.3, -0.25) is 14.8 Å². The van der Waals surface area contributed by atoms with E-state index in [0.29, 0.717) is 0 Å². The minimum absolute atomic E-state index is 0.0319. The second-order valence-electron chi connectivity index (χ2n) is 5.86. The van der Waals surface area contributed by atoms with E-state index in [9.17, 15) is 18.5 Å². The Morgan fingerprint density at radius 1 is 1.28 bits per heavy atom. The lowest BCUT2D eigenvalue weighted by Gasteiger charge is -2.07. The maximum Gasteiger partial charge on any atom is 0.275 e. The standard InChI is InChI=1S/C15H16ClN3O4S2/c1-9-11(16)7-10(8-13(9)19(20)21)25(22,23)18-15-17-12-5-3-2-4-6-14(12)24-15/h7-8H,2-6H2,1H3,(H,17,18). The third-order valence-electron chi connectivity index (χ3n) is 4.11.